The van der Waals surface area contributed by atoms with Gasteiger partial charge in [-0.1, -0.05) is 6.07 Å². The summed E-state index contributed by atoms with van der Waals surface area (Å²) in [4.78, 5) is 23.6. The summed E-state index contributed by atoms with van der Waals surface area (Å²) in [6.45, 7) is 3.02. The SMILES string of the molecule is COc1ccc2nccc(NC(=O)OC3CCN(CCc4ccc5c(c4)OCO5)CC3)c2n1. The van der Waals surface area contributed by atoms with Crippen molar-refractivity contribution >= 4 is 22.8 Å². The highest BCUT2D eigenvalue weighted by molar-refractivity contribution is 5.96. The van der Waals surface area contributed by atoms with Crippen molar-refractivity contribution in [3.63, 3.8) is 0 Å². The van der Waals surface area contributed by atoms with Gasteiger partial charge in [0.25, 0.3) is 0 Å². The largest absolute Gasteiger partial charge is 0.481 e. The van der Waals surface area contributed by atoms with Crippen molar-refractivity contribution < 1.29 is 23.7 Å². The van der Waals surface area contributed by atoms with Crippen LogP contribution in [0, 0.1) is 0 Å². The third kappa shape index (κ3) is 4.93. The first kappa shape index (κ1) is 21.3. The number of piperidine rings is 1. The Morgan fingerprint density at radius 2 is 2.00 bits per heavy atom. The lowest BCUT2D eigenvalue weighted by Crippen LogP contribution is -2.39. The molecule has 9 nitrogen and oxygen atoms in total. The monoisotopic (exact) mass is 450 g/mol. The number of rotatable bonds is 6. The number of methoxy groups -OCH3 is 1. The quantitative estimate of drug-likeness (QED) is 0.609. The fourth-order valence-electron chi connectivity index (χ4n) is 4.15. The van der Waals surface area contributed by atoms with Gasteiger partial charge in [-0.15, -0.1) is 0 Å². The molecule has 2 aliphatic rings. The molecular formula is C24H26N4O5. The highest BCUT2D eigenvalue weighted by Gasteiger charge is 2.23. The predicted molar refractivity (Wildman–Crippen MR) is 122 cm³/mol. The molecule has 1 N–H and O–H groups in total. The molecule has 1 saturated heterocycles. The van der Waals surface area contributed by atoms with Crippen molar-refractivity contribution in [2.45, 2.75) is 25.4 Å². The molecule has 0 bridgehead atoms. The number of aromatic nitrogens is 2. The van der Waals surface area contributed by atoms with E-state index in [9.17, 15) is 4.79 Å². The predicted octanol–water partition coefficient (Wildman–Crippen LogP) is 3.62. The molecule has 5 rings (SSSR count). The van der Waals surface area contributed by atoms with E-state index in [1.165, 1.54) is 5.56 Å². The summed E-state index contributed by atoms with van der Waals surface area (Å²) in [5.74, 6) is 2.09. The van der Waals surface area contributed by atoms with E-state index in [1.54, 1.807) is 31.5 Å². The van der Waals surface area contributed by atoms with Gasteiger partial charge in [0.1, 0.15) is 11.6 Å². The number of anilines is 1. The van der Waals surface area contributed by atoms with Gasteiger partial charge >= 0.3 is 6.09 Å². The Morgan fingerprint density at radius 3 is 2.85 bits per heavy atom. The van der Waals surface area contributed by atoms with Crippen LogP contribution in [0.4, 0.5) is 10.5 Å². The van der Waals surface area contributed by atoms with Crippen LogP contribution in [-0.2, 0) is 11.2 Å². The minimum Gasteiger partial charge on any atom is -0.481 e. The molecule has 3 aromatic rings. The van der Waals surface area contributed by atoms with Crippen LogP contribution in [-0.4, -0.2) is 60.6 Å². The number of fused-ring (bicyclic) bond motifs is 2. The Bertz CT molecular complexity index is 1150. The van der Waals surface area contributed by atoms with E-state index >= 15 is 0 Å². The van der Waals surface area contributed by atoms with Crippen LogP contribution in [0.3, 0.4) is 0 Å². The molecule has 0 spiro atoms. The Kier molecular flexibility index (Phi) is 6.12. The molecule has 2 aromatic heterocycles. The highest BCUT2D eigenvalue weighted by Crippen LogP contribution is 2.32. The number of nitrogens with one attached hydrogen (secondary N) is 1. The fourth-order valence-corrected chi connectivity index (χ4v) is 4.15. The van der Waals surface area contributed by atoms with Gasteiger partial charge in [-0.05, 0) is 49.1 Å². The smallest absolute Gasteiger partial charge is 0.411 e. The number of likely N-dealkylation sites (tertiary alicyclic amines) is 1. The minimum absolute atomic E-state index is 0.109. The number of benzene rings is 1. The maximum Gasteiger partial charge on any atom is 0.411 e. The van der Waals surface area contributed by atoms with Gasteiger partial charge in [0, 0.05) is 31.9 Å². The number of hydrogen-bond acceptors (Lipinski definition) is 8. The van der Waals surface area contributed by atoms with E-state index in [0.717, 1.165) is 50.4 Å². The molecule has 1 aromatic carbocycles. The van der Waals surface area contributed by atoms with Gasteiger partial charge in [-0.2, -0.15) is 0 Å². The van der Waals surface area contributed by atoms with Crippen LogP contribution in [0.1, 0.15) is 18.4 Å². The second kappa shape index (κ2) is 9.50. The van der Waals surface area contributed by atoms with Gasteiger partial charge in [0.05, 0.1) is 18.3 Å². The lowest BCUT2D eigenvalue weighted by Gasteiger charge is -2.31. The molecule has 4 heterocycles. The van der Waals surface area contributed by atoms with Gasteiger partial charge in [-0.3, -0.25) is 10.3 Å². The van der Waals surface area contributed by atoms with Crippen molar-refractivity contribution in [1.82, 2.24) is 14.9 Å². The molecule has 1 amide bonds. The Hall–Kier alpha value is -3.59. The maximum absolute atomic E-state index is 12.5. The van der Waals surface area contributed by atoms with Gasteiger partial charge in [0.15, 0.2) is 11.5 Å². The summed E-state index contributed by atoms with van der Waals surface area (Å²) in [5.41, 5.74) is 3.01. The number of hydrogen-bond donors (Lipinski definition) is 1. The van der Waals surface area contributed by atoms with Gasteiger partial charge < -0.3 is 23.8 Å². The molecule has 1 fully saturated rings. The summed E-state index contributed by atoms with van der Waals surface area (Å²) < 4.78 is 21.7. The molecule has 0 saturated carbocycles. The number of nitrogens with zero attached hydrogens (tertiary/aromatic N) is 3. The van der Waals surface area contributed by atoms with Crippen LogP contribution >= 0.6 is 0 Å². The molecule has 2 aliphatic heterocycles. The van der Waals surface area contributed by atoms with E-state index in [0.29, 0.717) is 29.4 Å². The lowest BCUT2D eigenvalue weighted by atomic mass is 10.1. The van der Waals surface area contributed by atoms with E-state index in [-0.39, 0.29) is 6.10 Å². The molecular weight excluding hydrogens is 424 g/mol. The van der Waals surface area contributed by atoms with E-state index < -0.39 is 6.09 Å². The lowest BCUT2D eigenvalue weighted by molar-refractivity contribution is 0.0593. The first-order valence-corrected chi connectivity index (χ1v) is 11.1. The molecule has 9 heteroatoms. The Labute approximate surface area is 191 Å². The molecule has 33 heavy (non-hydrogen) atoms. The average Bonchev–Trinajstić information content (AvgIpc) is 3.31. The first-order chi connectivity index (χ1) is 16.2. The Morgan fingerprint density at radius 1 is 1.15 bits per heavy atom. The topological polar surface area (TPSA) is 95.0 Å². The zero-order chi connectivity index (χ0) is 22.6. The van der Waals surface area contributed by atoms with Crippen molar-refractivity contribution in [2.24, 2.45) is 0 Å². The highest BCUT2D eigenvalue weighted by atomic mass is 16.7. The van der Waals surface area contributed by atoms with E-state index in [1.807, 2.05) is 6.07 Å². The van der Waals surface area contributed by atoms with Crippen LogP contribution in [0.15, 0.2) is 42.6 Å². The average molecular weight is 450 g/mol. The van der Waals surface area contributed by atoms with Gasteiger partial charge in [-0.25, -0.2) is 9.78 Å². The molecule has 0 atom stereocenters. The zero-order valence-electron chi connectivity index (χ0n) is 18.5. The second-order valence-corrected chi connectivity index (χ2v) is 8.09. The molecule has 0 aliphatic carbocycles. The van der Waals surface area contributed by atoms with Crippen LogP contribution < -0.4 is 19.5 Å². The van der Waals surface area contributed by atoms with Gasteiger partial charge in [0.2, 0.25) is 12.7 Å². The number of ether oxygens (including phenoxy) is 4. The van der Waals surface area contributed by atoms with Crippen LogP contribution in [0.2, 0.25) is 0 Å². The zero-order valence-corrected chi connectivity index (χ0v) is 18.5. The van der Waals surface area contributed by atoms with Crippen molar-refractivity contribution in [3.8, 4) is 17.4 Å². The molecule has 172 valence electrons. The fraction of sp³-hybridized carbons (Fsp3) is 0.375. The summed E-state index contributed by atoms with van der Waals surface area (Å²) in [6.07, 6.45) is 3.59. The third-order valence-corrected chi connectivity index (χ3v) is 5.97. The van der Waals surface area contributed by atoms with Crippen molar-refractivity contribution in [2.75, 3.05) is 38.9 Å². The summed E-state index contributed by atoms with van der Waals surface area (Å²) >= 11 is 0. The number of carbonyl (C=O) groups excluding carboxylic acids is 1. The molecule has 0 unspecified atom stereocenters. The number of carbonyl (C=O) groups is 1. The Balaban J connectivity index is 1.10. The van der Waals surface area contributed by atoms with Crippen LogP contribution in [0.5, 0.6) is 17.4 Å². The van der Waals surface area contributed by atoms with Crippen molar-refractivity contribution in [1.29, 1.82) is 0 Å². The van der Waals surface area contributed by atoms with E-state index in [4.69, 9.17) is 18.9 Å². The number of pyridine rings is 2. The minimum atomic E-state index is -0.481. The van der Waals surface area contributed by atoms with Crippen LogP contribution in [0.25, 0.3) is 11.0 Å². The number of amides is 1. The third-order valence-electron chi connectivity index (χ3n) is 5.97. The standard InChI is InChI=1S/C24H26N4O5/c1-30-22-5-3-18-23(27-22)19(6-10-25-18)26-24(29)33-17-8-12-28(13-9-17)11-7-16-2-4-20-21(14-16)32-15-31-20/h2-6,10,14,17H,7-9,11-13,15H2,1H3,(H,25,26,29). The molecule has 0 radical (unpaired) electrons. The summed E-state index contributed by atoms with van der Waals surface area (Å²) in [5, 5.41) is 2.81. The maximum atomic E-state index is 12.5. The summed E-state index contributed by atoms with van der Waals surface area (Å²) in [7, 11) is 1.55. The first-order valence-electron chi connectivity index (χ1n) is 11.1. The van der Waals surface area contributed by atoms with E-state index in [2.05, 4.69) is 32.3 Å². The second-order valence-electron chi connectivity index (χ2n) is 8.09. The van der Waals surface area contributed by atoms with Crippen molar-refractivity contribution in [3.05, 3.63) is 48.2 Å². The normalized spacial score (nSPS) is 16.0. The summed E-state index contributed by atoms with van der Waals surface area (Å²) in [6, 6.07) is 11.3.